The van der Waals surface area contributed by atoms with Gasteiger partial charge >= 0.3 is 0 Å². The van der Waals surface area contributed by atoms with E-state index in [2.05, 4.69) is 55.3 Å². The molecule has 0 aromatic heterocycles. The van der Waals surface area contributed by atoms with E-state index in [1.54, 1.807) is 0 Å². The maximum absolute atomic E-state index is 8.85. The van der Waals surface area contributed by atoms with Crippen LogP contribution in [0.25, 0.3) is 10.8 Å². The number of nitrogens with zero attached hydrogens (tertiary/aromatic N) is 1. The highest BCUT2D eigenvalue weighted by Crippen LogP contribution is 2.27. The molecule has 0 spiro atoms. The Morgan fingerprint density at radius 3 is 2.62 bits per heavy atom. The van der Waals surface area contributed by atoms with Crippen LogP contribution in [0.1, 0.15) is 39.2 Å². The highest BCUT2D eigenvalue weighted by atomic mass is 35.5. The maximum Gasteiger partial charge on any atom is 0.125 e. The van der Waals surface area contributed by atoms with Crippen LogP contribution in [0.3, 0.4) is 0 Å². The van der Waals surface area contributed by atoms with Gasteiger partial charge < -0.3 is 16.0 Å². The third kappa shape index (κ3) is 5.39. The van der Waals surface area contributed by atoms with Crippen molar-refractivity contribution in [2.45, 2.75) is 46.2 Å². The summed E-state index contributed by atoms with van der Waals surface area (Å²) in [6.45, 7) is 9.45. The molecule has 0 saturated carbocycles. The first-order valence-electron chi connectivity index (χ1n) is 10.5. The van der Waals surface area contributed by atoms with Crippen molar-refractivity contribution in [1.29, 1.82) is 5.41 Å². The summed E-state index contributed by atoms with van der Waals surface area (Å²) in [4.78, 5) is 2.17. The summed E-state index contributed by atoms with van der Waals surface area (Å²) in [6, 6.07) is 12.4. The summed E-state index contributed by atoms with van der Waals surface area (Å²) >= 11 is 6.46. The smallest absolute Gasteiger partial charge is 0.125 e. The molecule has 1 unspecified atom stereocenters. The number of nitrogens with two attached hydrogens (primary N) is 1. The Bertz CT molecular complexity index is 884. The van der Waals surface area contributed by atoms with Gasteiger partial charge in [-0.3, -0.25) is 5.41 Å². The van der Waals surface area contributed by atoms with Crippen LogP contribution in [0, 0.1) is 11.3 Å². The monoisotopic (exact) mass is 412 g/mol. The van der Waals surface area contributed by atoms with E-state index in [9.17, 15) is 0 Å². The summed E-state index contributed by atoms with van der Waals surface area (Å²) in [5.74, 6) is 1.17. The molecule has 4 nitrogen and oxygen atoms in total. The molecule has 1 heterocycles. The minimum atomic E-state index is 0.143. The fourth-order valence-corrected chi connectivity index (χ4v) is 4.43. The van der Waals surface area contributed by atoms with Crippen LogP contribution in [0.4, 0.5) is 0 Å². The van der Waals surface area contributed by atoms with E-state index in [-0.39, 0.29) is 6.04 Å². The molecule has 5 heteroatoms. The van der Waals surface area contributed by atoms with Crippen molar-refractivity contribution in [3.63, 3.8) is 0 Å². The Morgan fingerprint density at radius 1 is 1.17 bits per heavy atom. The molecule has 1 saturated heterocycles. The number of amidine groups is 1. The number of benzene rings is 2. The van der Waals surface area contributed by atoms with Gasteiger partial charge in [0.05, 0.1) is 0 Å². The molecule has 2 atom stereocenters. The zero-order chi connectivity index (χ0) is 21.0. The molecule has 0 bridgehead atoms. The quantitative estimate of drug-likeness (QED) is 0.480. The molecule has 156 valence electrons. The molecule has 29 heavy (non-hydrogen) atoms. The van der Waals surface area contributed by atoms with Gasteiger partial charge in [-0.25, -0.2) is 0 Å². The first-order valence-corrected chi connectivity index (χ1v) is 10.9. The predicted octanol–water partition coefficient (Wildman–Crippen LogP) is 4.96. The molecule has 0 aliphatic carbocycles. The number of allylic oxidation sites excluding steroid dienone is 1. The molecule has 1 aliphatic rings. The average molecular weight is 413 g/mol. The van der Waals surface area contributed by atoms with Crippen LogP contribution < -0.4 is 11.1 Å². The van der Waals surface area contributed by atoms with Crippen LogP contribution in [0.2, 0.25) is 5.02 Å². The van der Waals surface area contributed by atoms with E-state index in [4.69, 9.17) is 22.7 Å². The predicted molar refractivity (Wildman–Crippen MR) is 125 cm³/mol. The van der Waals surface area contributed by atoms with Crippen molar-refractivity contribution >= 4 is 28.2 Å². The van der Waals surface area contributed by atoms with Gasteiger partial charge in [0, 0.05) is 48.2 Å². The lowest BCUT2D eigenvalue weighted by Crippen LogP contribution is -2.42. The van der Waals surface area contributed by atoms with E-state index >= 15 is 0 Å². The Kier molecular flexibility index (Phi) is 7.33. The summed E-state index contributed by atoms with van der Waals surface area (Å²) in [5, 5.41) is 15.4. The number of hydrogen-bond acceptors (Lipinski definition) is 3. The van der Waals surface area contributed by atoms with Crippen molar-refractivity contribution in [2.75, 3.05) is 19.6 Å². The molecular weight excluding hydrogens is 380 g/mol. The maximum atomic E-state index is 8.85. The van der Waals surface area contributed by atoms with Crippen molar-refractivity contribution in [2.24, 2.45) is 11.7 Å². The van der Waals surface area contributed by atoms with E-state index in [0.29, 0.717) is 24.8 Å². The van der Waals surface area contributed by atoms with Crippen LogP contribution in [-0.2, 0) is 6.54 Å². The first kappa shape index (κ1) is 21.8. The third-order valence-corrected chi connectivity index (χ3v) is 6.10. The molecule has 2 aromatic carbocycles. The summed E-state index contributed by atoms with van der Waals surface area (Å²) in [7, 11) is 0. The largest absolute Gasteiger partial charge is 0.355 e. The SMILES string of the molecule is CC(C)=C(CNCc1cccc2cccc(Cl)c12)C(=N)N1CC(N)CC[C@H](C)C1. The number of nitrogens with one attached hydrogen (secondary N) is 2. The lowest BCUT2D eigenvalue weighted by Gasteiger charge is -2.29. The van der Waals surface area contributed by atoms with Gasteiger partial charge in [0.1, 0.15) is 5.84 Å². The van der Waals surface area contributed by atoms with Crippen molar-refractivity contribution < 1.29 is 0 Å². The standard InChI is InChI=1S/C24H33ClN4/c1-16(2)21(24(27)29-14-17(3)10-11-20(26)15-29)13-28-12-19-8-4-6-18-7-5-9-22(25)23(18)19/h4-9,17,20,27-28H,10-15,26H2,1-3H3/t17-,20?/m0/s1. The second-order valence-electron chi connectivity index (χ2n) is 8.53. The Hall–Kier alpha value is -1.88. The second-order valence-corrected chi connectivity index (χ2v) is 8.94. The highest BCUT2D eigenvalue weighted by molar-refractivity contribution is 6.35. The minimum Gasteiger partial charge on any atom is -0.355 e. The first-order chi connectivity index (χ1) is 13.9. The highest BCUT2D eigenvalue weighted by Gasteiger charge is 2.23. The minimum absolute atomic E-state index is 0.143. The van der Waals surface area contributed by atoms with E-state index in [0.717, 1.165) is 47.3 Å². The van der Waals surface area contributed by atoms with Crippen molar-refractivity contribution in [3.05, 3.63) is 58.1 Å². The average Bonchev–Trinajstić information content (AvgIpc) is 2.85. The fraction of sp³-hybridized carbons (Fsp3) is 0.458. The van der Waals surface area contributed by atoms with Crippen LogP contribution in [-0.4, -0.2) is 36.4 Å². The van der Waals surface area contributed by atoms with Gasteiger partial charge in [0.15, 0.2) is 0 Å². The van der Waals surface area contributed by atoms with E-state index in [1.807, 2.05) is 12.1 Å². The lowest BCUT2D eigenvalue weighted by atomic mass is 10.0. The molecule has 1 fully saturated rings. The van der Waals surface area contributed by atoms with Crippen molar-refractivity contribution in [3.8, 4) is 0 Å². The van der Waals surface area contributed by atoms with Crippen LogP contribution in [0.15, 0.2) is 47.5 Å². The van der Waals surface area contributed by atoms with Gasteiger partial charge in [0.25, 0.3) is 0 Å². The van der Waals surface area contributed by atoms with Crippen LogP contribution in [0.5, 0.6) is 0 Å². The number of hydrogen-bond donors (Lipinski definition) is 3. The van der Waals surface area contributed by atoms with Crippen LogP contribution >= 0.6 is 11.6 Å². The van der Waals surface area contributed by atoms with Gasteiger partial charge in [-0.2, -0.15) is 0 Å². The Balaban J connectivity index is 1.71. The third-order valence-electron chi connectivity index (χ3n) is 5.78. The van der Waals surface area contributed by atoms with Gasteiger partial charge in [0.2, 0.25) is 0 Å². The number of rotatable bonds is 5. The summed E-state index contributed by atoms with van der Waals surface area (Å²) < 4.78 is 0. The molecule has 0 amide bonds. The zero-order valence-corrected chi connectivity index (χ0v) is 18.5. The summed E-state index contributed by atoms with van der Waals surface area (Å²) in [6.07, 6.45) is 2.17. The molecule has 2 aromatic rings. The number of likely N-dealkylation sites (tertiary alicyclic amines) is 1. The number of fused-ring (bicyclic) bond motifs is 1. The zero-order valence-electron chi connectivity index (χ0n) is 17.8. The Labute approximate surface area is 179 Å². The van der Waals surface area contributed by atoms with Crippen molar-refractivity contribution in [1.82, 2.24) is 10.2 Å². The molecule has 4 N–H and O–H groups in total. The van der Waals surface area contributed by atoms with Gasteiger partial charge in [-0.15, -0.1) is 0 Å². The lowest BCUT2D eigenvalue weighted by molar-refractivity contribution is 0.369. The van der Waals surface area contributed by atoms with E-state index < -0.39 is 0 Å². The normalized spacial score (nSPS) is 19.8. The second kappa shape index (κ2) is 9.75. The fourth-order valence-electron chi connectivity index (χ4n) is 4.12. The topological polar surface area (TPSA) is 65.1 Å². The Morgan fingerprint density at radius 2 is 1.90 bits per heavy atom. The van der Waals surface area contributed by atoms with Gasteiger partial charge in [-0.05, 0) is 49.6 Å². The molecular formula is C24H33ClN4. The molecule has 0 radical (unpaired) electrons. The van der Waals surface area contributed by atoms with E-state index in [1.165, 1.54) is 11.1 Å². The summed E-state index contributed by atoms with van der Waals surface area (Å²) in [5.41, 5.74) is 9.66. The van der Waals surface area contributed by atoms with Gasteiger partial charge in [-0.1, -0.05) is 54.4 Å². The molecule has 1 aliphatic heterocycles. The molecule has 3 rings (SSSR count). The number of halogens is 1.